The van der Waals surface area contributed by atoms with Gasteiger partial charge in [0, 0.05) is 12.1 Å². The van der Waals surface area contributed by atoms with E-state index in [1.165, 1.54) is 12.1 Å². The summed E-state index contributed by atoms with van der Waals surface area (Å²) in [5.41, 5.74) is 9.08. The molecule has 1 aromatic carbocycles. The Labute approximate surface area is 74.8 Å². The molecule has 0 heterocycles. The Kier molecular flexibility index (Phi) is 4.63. The van der Waals surface area contributed by atoms with E-state index in [9.17, 15) is 10.1 Å². The molecule has 0 spiro atoms. The highest BCUT2D eigenvalue weighted by Gasteiger charge is 1.98. The van der Waals surface area contributed by atoms with Gasteiger partial charge in [-0.2, -0.15) is 0 Å². The maximum absolute atomic E-state index is 10.0. The van der Waals surface area contributed by atoms with Crippen molar-refractivity contribution in [3.8, 4) is 0 Å². The van der Waals surface area contributed by atoms with E-state index in [0.717, 1.165) is 0 Å². The van der Waals surface area contributed by atoms with Crippen LogP contribution in [-0.2, 0) is 0 Å². The molecule has 0 fully saturated rings. The minimum atomic E-state index is -0.417. The van der Waals surface area contributed by atoms with Crippen molar-refractivity contribution in [2.24, 2.45) is 11.5 Å². The van der Waals surface area contributed by atoms with Gasteiger partial charge >= 0.3 is 0 Å². The number of hydrogen-bond donors (Lipinski definition) is 3. The highest BCUT2D eigenvalue weighted by molar-refractivity contribution is 5.71. The summed E-state index contributed by atoms with van der Waals surface area (Å²) in [5.74, 6) is -0.333. The largest absolute Gasteiger partial charge is 0.370 e. The smallest absolute Gasteiger partial charge is 0.269 e. The lowest BCUT2D eigenvalue weighted by Crippen LogP contribution is -2.20. The van der Waals surface area contributed by atoms with Gasteiger partial charge in [-0.15, -0.1) is 0 Å². The van der Waals surface area contributed by atoms with Crippen molar-refractivity contribution in [3.05, 3.63) is 40.4 Å². The molecule has 0 saturated heterocycles. The van der Waals surface area contributed by atoms with Crippen LogP contribution in [0, 0.1) is 15.5 Å². The zero-order valence-electron chi connectivity index (χ0n) is 6.81. The van der Waals surface area contributed by atoms with Gasteiger partial charge in [-0.25, -0.2) is 0 Å². The van der Waals surface area contributed by atoms with Gasteiger partial charge in [0.05, 0.1) is 4.92 Å². The van der Waals surface area contributed by atoms with Crippen LogP contribution in [0.2, 0.25) is 0 Å². The second kappa shape index (κ2) is 5.53. The molecule has 6 heteroatoms. The lowest BCUT2D eigenvalue weighted by Gasteiger charge is -1.85. The summed E-state index contributed by atoms with van der Waals surface area (Å²) in [5, 5.41) is 16.1. The standard InChI is InChI=1S/C6H5NO2.CH5N3/c8-7(9)6-4-2-1-3-5-6;2-1(3)4/h1-5H;(H5,2,3,4). The Morgan fingerprint density at radius 1 is 1.31 bits per heavy atom. The molecule has 6 nitrogen and oxygen atoms in total. The molecule has 70 valence electrons. The molecule has 13 heavy (non-hydrogen) atoms. The number of para-hydroxylation sites is 1. The van der Waals surface area contributed by atoms with E-state index in [2.05, 4.69) is 11.5 Å². The number of non-ortho nitro benzene ring substituents is 1. The molecule has 0 atom stereocenters. The van der Waals surface area contributed by atoms with E-state index in [0.29, 0.717) is 0 Å². The summed E-state index contributed by atoms with van der Waals surface area (Å²) < 4.78 is 0. The fourth-order valence-corrected chi connectivity index (χ4v) is 0.550. The Bertz CT molecular complexity index is 282. The number of nitro benzene ring substituents is 1. The van der Waals surface area contributed by atoms with E-state index in [1.54, 1.807) is 18.2 Å². The minimum absolute atomic E-state index is 0.137. The third-order valence-electron chi connectivity index (χ3n) is 0.967. The van der Waals surface area contributed by atoms with Crippen LogP contribution in [0.3, 0.4) is 0 Å². The van der Waals surface area contributed by atoms with Gasteiger partial charge in [-0.05, 0) is 0 Å². The predicted octanol–water partition coefficient (Wildman–Crippen LogP) is 0.433. The van der Waals surface area contributed by atoms with Crippen molar-refractivity contribution in [3.63, 3.8) is 0 Å². The van der Waals surface area contributed by atoms with Crippen molar-refractivity contribution in [1.82, 2.24) is 0 Å². The average molecular weight is 182 g/mol. The highest BCUT2D eigenvalue weighted by atomic mass is 16.6. The fraction of sp³-hybridized carbons (Fsp3) is 0. The molecule has 0 unspecified atom stereocenters. The Hall–Kier alpha value is -2.11. The van der Waals surface area contributed by atoms with Crippen molar-refractivity contribution >= 4 is 11.6 Å². The second-order valence-corrected chi connectivity index (χ2v) is 2.05. The average Bonchev–Trinajstić information content (AvgIpc) is 2.05. The molecule has 0 radical (unpaired) electrons. The Morgan fingerprint density at radius 2 is 1.69 bits per heavy atom. The normalized spacial score (nSPS) is 8.00. The predicted molar refractivity (Wildman–Crippen MR) is 49.2 cm³/mol. The summed E-state index contributed by atoms with van der Waals surface area (Å²) >= 11 is 0. The summed E-state index contributed by atoms with van der Waals surface area (Å²) in [6, 6.07) is 7.93. The monoisotopic (exact) mass is 182 g/mol. The van der Waals surface area contributed by atoms with Crippen LogP contribution in [-0.4, -0.2) is 10.9 Å². The first-order valence-corrected chi connectivity index (χ1v) is 3.33. The van der Waals surface area contributed by atoms with Crippen LogP contribution in [0.5, 0.6) is 0 Å². The number of benzene rings is 1. The van der Waals surface area contributed by atoms with Gasteiger partial charge < -0.3 is 11.5 Å². The van der Waals surface area contributed by atoms with Gasteiger partial charge in [-0.1, -0.05) is 18.2 Å². The molecule has 0 aliphatic heterocycles. The summed E-state index contributed by atoms with van der Waals surface area (Å²) in [7, 11) is 0. The first kappa shape index (κ1) is 10.9. The van der Waals surface area contributed by atoms with E-state index in [1.807, 2.05) is 0 Å². The van der Waals surface area contributed by atoms with Crippen LogP contribution < -0.4 is 11.5 Å². The molecule has 0 aromatic heterocycles. The highest BCUT2D eigenvalue weighted by Crippen LogP contribution is 2.06. The van der Waals surface area contributed by atoms with Crippen molar-refractivity contribution in [2.45, 2.75) is 0 Å². The van der Waals surface area contributed by atoms with Crippen LogP contribution in [0.4, 0.5) is 5.69 Å². The lowest BCUT2D eigenvalue weighted by molar-refractivity contribution is -0.384. The summed E-state index contributed by atoms with van der Waals surface area (Å²) in [4.78, 5) is 9.59. The number of nitrogens with one attached hydrogen (secondary N) is 1. The first-order chi connectivity index (χ1) is 6.04. The van der Waals surface area contributed by atoms with E-state index in [-0.39, 0.29) is 11.6 Å². The Balaban J connectivity index is 0.000000310. The van der Waals surface area contributed by atoms with Gasteiger partial charge in [0.2, 0.25) is 0 Å². The molecule has 1 rings (SSSR count). The van der Waals surface area contributed by atoms with Crippen LogP contribution >= 0.6 is 0 Å². The number of nitrogens with two attached hydrogens (primary N) is 2. The molecule has 5 N–H and O–H groups in total. The SMILES string of the molecule is N=C(N)N.O=[N+]([O-])c1ccccc1. The first-order valence-electron chi connectivity index (χ1n) is 3.33. The van der Waals surface area contributed by atoms with Gasteiger partial charge in [0.15, 0.2) is 5.96 Å². The third kappa shape index (κ3) is 6.29. The maximum Gasteiger partial charge on any atom is 0.269 e. The van der Waals surface area contributed by atoms with Crippen molar-refractivity contribution in [1.29, 1.82) is 5.41 Å². The number of nitro groups is 1. The molecule has 0 aliphatic carbocycles. The molecular weight excluding hydrogens is 172 g/mol. The topological polar surface area (TPSA) is 119 Å². The van der Waals surface area contributed by atoms with Crippen LogP contribution in [0.25, 0.3) is 0 Å². The number of rotatable bonds is 1. The van der Waals surface area contributed by atoms with Gasteiger partial charge in [0.25, 0.3) is 5.69 Å². The van der Waals surface area contributed by atoms with Gasteiger partial charge in [0.1, 0.15) is 0 Å². The molecule has 0 bridgehead atoms. The Morgan fingerprint density at radius 3 is 1.92 bits per heavy atom. The zero-order valence-corrected chi connectivity index (χ0v) is 6.81. The second-order valence-electron chi connectivity index (χ2n) is 2.05. The number of guanidine groups is 1. The van der Waals surface area contributed by atoms with Crippen molar-refractivity contribution < 1.29 is 4.92 Å². The molecular formula is C7H10N4O2. The van der Waals surface area contributed by atoms with Crippen LogP contribution in [0.15, 0.2) is 30.3 Å². The molecule has 0 amide bonds. The fourth-order valence-electron chi connectivity index (χ4n) is 0.550. The summed E-state index contributed by atoms with van der Waals surface area (Å²) in [6.45, 7) is 0. The number of hydrogen-bond acceptors (Lipinski definition) is 3. The van der Waals surface area contributed by atoms with E-state index in [4.69, 9.17) is 5.41 Å². The zero-order chi connectivity index (χ0) is 10.3. The third-order valence-corrected chi connectivity index (χ3v) is 0.967. The molecule has 0 saturated carbocycles. The van der Waals surface area contributed by atoms with Crippen LogP contribution in [0.1, 0.15) is 0 Å². The summed E-state index contributed by atoms with van der Waals surface area (Å²) in [6.07, 6.45) is 0. The quantitative estimate of drug-likeness (QED) is 0.252. The minimum Gasteiger partial charge on any atom is -0.370 e. The molecule has 1 aromatic rings. The van der Waals surface area contributed by atoms with Gasteiger partial charge in [-0.3, -0.25) is 15.5 Å². The number of nitrogens with zero attached hydrogens (tertiary/aromatic N) is 1. The maximum atomic E-state index is 10.0. The lowest BCUT2D eigenvalue weighted by atomic mass is 10.3. The van der Waals surface area contributed by atoms with E-state index < -0.39 is 4.92 Å². The van der Waals surface area contributed by atoms with Crippen molar-refractivity contribution in [2.75, 3.05) is 0 Å². The van der Waals surface area contributed by atoms with E-state index >= 15 is 0 Å². The molecule has 0 aliphatic rings.